The molecule has 0 radical (unpaired) electrons. The van der Waals surface area contributed by atoms with Crippen molar-refractivity contribution in [2.24, 2.45) is 0 Å². The summed E-state index contributed by atoms with van der Waals surface area (Å²) in [5.74, 6) is -0.989. The largest absolute Gasteiger partial charge is 0.496 e. The molecule has 0 unspecified atom stereocenters. The van der Waals surface area contributed by atoms with Crippen LogP contribution in [-0.4, -0.2) is 24.1 Å². The first-order valence-electron chi connectivity index (χ1n) is 5.00. The van der Waals surface area contributed by atoms with Gasteiger partial charge in [-0.1, -0.05) is 6.07 Å². The molecule has 0 atom stereocenters. The molecular weight excluding hydrogens is 302 g/mol. The molecule has 2 N–H and O–H groups in total. The standard InChI is InChI=1S/C12H12BrNO4/c1-7(15)14-10(12(16)17)6-8-3-4-11(18-2)9(13)5-8/h3-6H,1-2H3,(H,14,15)(H,16,17)/b10-6+. The first-order valence-corrected chi connectivity index (χ1v) is 5.79. The number of hydrogen-bond donors (Lipinski definition) is 2. The molecule has 18 heavy (non-hydrogen) atoms. The van der Waals surface area contributed by atoms with E-state index in [4.69, 9.17) is 9.84 Å². The van der Waals surface area contributed by atoms with E-state index in [0.717, 1.165) is 0 Å². The van der Waals surface area contributed by atoms with Crippen molar-refractivity contribution < 1.29 is 19.4 Å². The zero-order valence-electron chi connectivity index (χ0n) is 9.86. The number of nitrogens with one attached hydrogen (secondary N) is 1. The van der Waals surface area contributed by atoms with Crippen molar-refractivity contribution in [1.82, 2.24) is 5.32 Å². The van der Waals surface area contributed by atoms with Gasteiger partial charge in [-0.05, 0) is 39.7 Å². The van der Waals surface area contributed by atoms with E-state index in [0.29, 0.717) is 15.8 Å². The lowest BCUT2D eigenvalue weighted by molar-refractivity contribution is -0.134. The Bertz CT molecular complexity index is 511. The third-order valence-corrected chi connectivity index (χ3v) is 2.65. The quantitative estimate of drug-likeness (QED) is 0.834. The van der Waals surface area contributed by atoms with Gasteiger partial charge in [-0.25, -0.2) is 4.79 Å². The zero-order valence-corrected chi connectivity index (χ0v) is 11.4. The molecule has 1 aromatic carbocycles. The highest BCUT2D eigenvalue weighted by Crippen LogP contribution is 2.26. The van der Waals surface area contributed by atoms with E-state index in [-0.39, 0.29) is 5.70 Å². The van der Waals surface area contributed by atoms with Gasteiger partial charge in [-0.2, -0.15) is 0 Å². The molecule has 0 saturated heterocycles. The fraction of sp³-hybridized carbons (Fsp3) is 0.167. The van der Waals surface area contributed by atoms with Crippen molar-refractivity contribution in [1.29, 1.82) is 0 Å². The summed E-state index contributed by atoms with van der Waals surface area (Å²) in [5, 5.41) is 11.2. The predicted molar refractivity (Wildman–Crippen MR) is 70.1 cm³/mol. The Kier molecular flexibility index (Phi) is 4.91. The summed E-state index contributed by atoms with van der Waals surface area (Å²) >= 11 is 3.30. The summed E-state index contributed by atoms with van der Waals surface area (Å²) in [6.07, 6.45) is 1.37. The fourth-order valence-electron chi connectivity index (χ4n) is 1.28. The zero-order chi connectivity index (χ0) is 13.7. The van der Waals surface area contributed by atoms with E-state index in [9.17, 15) is 9.59 Å². The summed E-state index contributed by atoms with van der Waals surface area (Å²) in [5.41, 5.74) is 0.452. The van der Waals surface area contributed by atoms with Crippen LogP contribution >= 0.6 is 15.9 Å². The number of aliphatic carboxylic acids is 1. The number of benzene rings is 1. The van der Waals surface area contributed by atoms with Gasteiger partial charge in [-0.15, -0.1) is 0 Å². The van der Waals surface area contributed by atoms with Crippen LogP contribution in [0.25, 0.3) is 6.08 Å². The molecular formula is C12H12BrNO4. The highest BCUT2D eigenvalue weighted by Gasteiger charge is 2.09. The van der Waals surface area contributed by atoms with Gasteiger partial charge in [-0.3, -0.25) is 4.79 Å². The second kappa shape index (κ2) is 6.20. The second-order valence-corrected chi connectivity index (χ2v) is 4.29. The van der Waals surface area contributed by atoms with Crippen LogP contribution in [0.15, 0.2) is 28.4 Å². The number of amides is 1. The van der Waals surface area contributed by atoms with Crippen LogP contribution in [0.1, 0.15) is 12.5 Å². The lowest BCUT2D eigenvalue weighted by atomic mass is 10.2. The number of carboxylic acids is 1. The first kappa shape index (κ1) is 14.2. The maximum absolute atomic E-state index is 10.9. The Hall–Kier alpha value is -1.82. The molecule has 0 aliphatic carbocycles. The number of hydrogen-bond acceptors (Lipinski definition) is 3. The third kappa shape index (κ3) is 3.89. The molecule has 6 heteroatoms. The van der Waals surface area contributed by atoms with Gasteiger partial charge < -0.3 is 15.2 Å². The third-order valence-electron chi connectivity index (χ3n) is 2.03. The Labute approximate surface area is 113 Å². The van der Waals surface area contributed by atoms with Crippen molar-refractivity contribution in [2.45, 2.75) is 6.92 Å². The smallest absolute Gasteiger partial charge is 0.352 e. The number of ether oxygens (including phenoxy) is 1. The van der Waals surface area contributed by atoms with E-state index < -0.39 is 11.9 Å². The molecule has 0 fully saturated rings. The monoisotopic (exact) mass is 313 g/mol. The number of methoxy groups -OCH3 is 1. The molecule has 96 valence electrons. The number of rotatable bonds is 4. The summed E-state index contributed by atoms with van der Waals surface area (Å²) in [7, 11) is 1.54. The van der Waals surface area contributed by atoms with Crippen LogP contribution in [0.5, 0.6) is 5.75 Å². The maximum atomic E-state index is 10.9. The number of carboxylic acid groups (broad SMARTS) is 1. The number of carbonyl (C=O) groups is 2. The summed E-state index contributed by atoms with van der Waals surface area (Å²) in [6, 6.07) is 5.08. The topological polar surface area (TPSA) is 75.6 Å². The van der Waals surface area contributed by atoms with Gasteiger partial charge in [0.05, 0.1) is 11.6 Å². The Morgan fingerprint density at radius 1 is 1.44 bits per heavy atom. The lowest BCUT2D eigenvalue weighted by Crippen LogP contribution is -2.24. The van der Waals surface area contributed by atoms with Crippen LogP contribution in [0, 0.1) is 0 Å². The lowest BCUT2D eigenvalue weighted by Gasteiger charge is -2.05. The van der Waals surface area contributed by atoms with Gasteiger partial charge in [0.15, 0.2) is 0 Å². The summed E-state index contributed by atoms with van der Waals surface area (Å²) < 4.78 is 5.76. The normalized spacial score (nSPS) is 10.9. The Morgan fingerprint density at radius 3 is 2.56 bits per heavy atom. The average Bonchev–Trinajstić information content (AvgIpc) is 2.27. The average molecular weight is 314 g/mol. The SMILES string of the molecule is COc1ccc(/C=C(/NC(C)=O)C(=O)O)cc1Br. The van der Waals surface area contributed by atoms with Gasteiger partial charge in [0.1, 0.15) is 11.4 Å². The van der Waals surface area contributed by atoms with E-state index in [1.807, 2.05) is 0 Å². The van der Waals surface area contributed by atoms with Crippen molar-refractivity contribution in [3.05, 3.63) is 33.9 Å². The van der Waals surface area contributed by atoms with Crippen LogP contribution in [-0.2, 0) is 9.59 Å². The molecule has 0 aliphatic rings. The van der Waals surface area contributed by atoms with Crippen LogP contribution in [0.2, 0.25) is 0 Å². The first-order chi connectivity index (χ1) is 8.43. The molecule has 0 aromatic heterocycles. The fourth-order valence-corrected chi connectivity index (χ4v) is 1.84. The van der Waals surface area contributed by atoms with E-state index >= 15 is 0 Å². The Morgan fingerprint density at radius 2 is 2.11 bits per heavy atom. The predicted octanol–water partition coefficient (Wildman–Crippen LogP) is 2.02. The molecule has 5 nitrogen and oxygen atoms in total. The maximum Gasteiger partial charge on any atom is 0.352 e. The number of carbonyl (C=O) groups excluding carboxylic acids is 1. The summed E-state index contributed by atoms with van der Waals surface area (Å²) in [6.45, 7) is 1.25. The molecule has 1 amide bonds. The van der Waals surface area contributed by atoms with Crippen molar-refractivity contribution in [3.8, 4) is 5.75 Å². The minimum Gasteiger partial charge on any atom is -0.496 e. The van der Waals surface area contributed by atoms with Crippen LogP contribution in [0.3, 0.4) is 0 Å². The van der Waals surface area contributed by atoms with Crippen molar-refractivity contribution >= 4 is 33.9 Å². The summed E-state index contributed by atoms with van der Waals surface area (Å²) in [4.78, 5) is 21.8. The molecule has 0 heterocycles. The van der Waals surface area contributed by atoms with E-state index in [2.05, 4.69) is 21.2 Å². The Balaban J connectivity index is 3.08. The van der Waals surface area contributed by atoms with Crippen LogP contribution in [0.4, 0.5) is 0 Å². The van der Waals surface area contributed by atoms with Gasteiger partial charge in [0.2, 0.25) is 5.91 Å². The minimum atomic E-state index is -1.20. The molecule has 1 rings (SSSR count). The molecule has 0 aliphatic heterocycles. The van der Waals surface area contributed by atoms with Gasteiger partial charge >= 0.3 is 5.97 Å². The van der Waals surface area contributed by atoms with Crippen molar-refractivity contribution in [3.63, 3.8) is 0 Å². The molecule has 1 aromatic rings. The van der Waals surface area contributed by atoms with Crippen molar-refractivity contribution in [2.75, 3.05) is 7.11 Å². The molecule has 0 bridgehead atoms. The number of halogens is 1. The molecule has 0 saturated carbocycles. The highest BCUT2D eigenvalue weighted by molar-refractivity contribution is 9.10. The van der Waals surface area contributed by atoms with E-state index in [1.165, 1.54) is 20.1 Å². The van der Waals surface area contributed by atoms with Gasteiger partial charge in [0.25, 0.3) is 0 Å². The van der Waals surface area contributed by atoms with Crippen LogP contribution < -0.4 is 10.1 Å². The second-order valence-electron chi connectivity index (χ2n) is 3.44. The van der Waals surface area contributed by atoms with Gasteiger partial charge in [0, 0.05) is 6.92 Å². The van der Waals surface area contributed by atoms with E-state index in [1.54, 1.807) is 18.2 Å². The molecule has 0 spiro atoms. The minimum absolute atomic E-state index is 0.181. The highest BCUT2D eigenvalue weighted by atomic mass is 79.9.